The van der Waals surface area contributed by atoms with Gasteiger partial charge >= 0.3 is 0 Å². The van der Waals surface area contributed by atoms with E-state index >= 15 is 0 Å². The van der Waals surface area contributed by atoms with Gasteiger partial charge in [-0.3, -0.25) is 9.48 Å². The standard InChI is InChI=1S/C13H14ClFN4O/c1-7-13(16)8(2)19(18-7)6-12(20)17-11-4-3-9(15)5-10(11)14/h3-5H,6,16H2,1-2H3,(H,17,20). The van der Waals surface area contributed by atoms with E-state index in [9.17, 15) is 9.18 Å². The molecule has 0 fully saturated rings. The van der Waals surface area contributed by atoms with Gasteiger partial charge in [-0.15, -0.1) is 0 Å². The predicted octanol–water partition coefficient (Wildman–Crippen LogP) is 2.51. The highest BCUT2D eigenvalue weighted by Crippen LogP contribution is 2.22. The van der Waals surface area contributed by atoms with Crippen molar-refractivity contribution in [2.45, 2.75) is 20.4 Å². The number of aromatic nitrogens is 2. The molecular weight excluding hydrogens is 283 g/mol. The summed E-state index contributed by atoms with van der Waals surface area (Å²) in [7, 11) is 0. The first-order valence-electron chi connectivity index (χ1n) is 5.93. The van der Waals surface area contributed by atoms with Gasteiger partial charge in [-0.2, -0.15) is 5.10 Å². The van der Waals surface area contributed by atoms with Crippen molar-refractivity contribution >= 4 is 28.9 Å². The molecule has 0 bridgehead atoms. The number of aryl methyl sites for hydroxylation is 1. The molecule has 0 saturated heterocycles. The Kier molecular flexibility index (Phi) is 3.94. The van der Waals surface area contributed by atoms with Crippen molar-refractivity contribution < 1.29 is 9.18 Å². The average Bonchev–Trinajstić information content (AvgIpc) is 2.61. The topological polar surface area (TPSA) is 72.9 Å². The molecule has 0 aliphatic carbocycles. The van der Waals surface area contributed by atoms with Gasteiger partial charge in [0.25, 0.3) is 0 Å². The predicted molar refractivity (Wildman–Crippen MR) is 76.2 cm³/mol. The number of amides is 1. The third-order valence-corrected chi connectivity index (χ3v) is 3.25. The molecule has 1 amide bonds. The lowest BCUT2D eigenvalue weighted by molar-refractivity contribution is -0.116. The molecule has 0 unspecified atom stereocenters. The third-order valence-electron chi connectivity index (χ3n) is 2.94. The Balaban J connectivity index is 2.11. The van der Waals surface area contributed by atoms with E-state index in [2.05, 4.69) is 10.4 Å². The molecule has 0 aliphatic heterocycles. The van der Waals surface area contributed by atoms with E-state index in [1.54, 1.807) is 13.8 Å². The van der Waals surface area contributed by atoms with Gasteiger partial charge in [0.1, 0.15) is 12.4 Å². The summed E-state index contributed by atoms with van der Waals surface area (Å²) in [4.78, 5) is 11.9. The van der Waals surface area contributed by atoms with Gasteiger partial charge in [0, 0.05) is 0 Å². The van der Waals surface area contributed by atoms with Crippen LogP contribution in [0.15, 0.2) is 18.2 Å². The zero-order valence-electron chi connectivity index (χ0n) is 11.1. The van der Waals surface area contributed by atoms with Crippen molar-refractivity contribution in [2.24, 2.45) is 0 Å². The van der Waals surface area contributed by atoms with Crippen LogP contribution in [0.2, 0.25) is 5.02 Å². The lowest BCUT2D eigenvalue weighted by Crippen LogP contribution is -2.20. The first-order chi connectivity index (χ1) is 9.38. The second kappa shape index (κ2) is 5.50. The van der Waals surface area contributed by atoms with Crippen LogP contribution in [0.1, 0.15) is 11.4 Å². The van der Waals surface area contributed by atoms with Crippen LogP contribution in [0.5, 0.6) is 0 Å². The first kappa shape index (κ1) is 14.3. The maximum atomic E-state index is 12.9. The largest absolute Gasteiger partial charge is 0.396 e. The van der Waals surface area contributed by atoms with Crippen molar-refractivity contribution in [1.29, 1.82) is 0 Å². The van der Waals surface area contributed by atoms with E-state index < -0.39 is 5.82 Å². The fourth-order valence-corrected chi connectivity index (χ4v) is 2.00. The van der Waals surface area contributed by atoms with Crippen LogP contribution in [-0.4, -0.2) is 15.7 Å². The molecule has 0 atom stereocenters. The molecule has 0 saturated carbocycles. The molecule has 3 N–H and O–H groups in total. The summed E-state index contributed by atoms with van der Waals surface area (Å²) in [6.45, 7) is 3.57. The maximum Gasteiger partial charge on any atom is 0.246 e. The number of nitrogens with zero attached hydrogens (tertiary/aromatic N) is 2. The molecule has 2 rings (SSSR count). The van der Waals surface area contributed by atoms with Crippen LogP contribution in [0.25, 0.3) is 0 Å². The number of nitrogens with one attached hydrogen (secondary N) is 1. The summed E-state index contributed by atoms with van der Waals surface area (Å²) in [6, 6.07) is 3.77. The van der Waals surface area contributed by atoms with Crippen LogP contribution in [-0.2, 0) is 11.3 Å². The van der Waals surface area contributed by atoms with E-state index in [1.165, 1.54) is 16.8 Å². The minimum atomic E-state index is -0.459. The summed E-state index contributed by atoms with van der Waals surface area (Å²) in [6.07, 6.45) is 0. The van der Waals surface area contributed by atoms with Gasteiger partial charge in [0.2, 0.25) is 5.91 Å². The molecule has 2 aromatic rings. The Bertz CT molecular complexity index is 669. The number of rotatable bonds is 3. The molecule has 1 aromatic carbocycles. The quantitative estimate of drug-likeness (QED) is 0.914. The Morgan fingerprint density at radius 3 is 2.75 bits per heavy atom. The molecule has 0 radical (unpaired) electrons. The Morgan fingerprint density at radius 1 is 1.50 bits per heavy atom. The lowest BCUT2D eigenvalue weighted by atomic mass is 10.3. The minimum absolute atomic E-state index is 0.0115. The van der Waals surface area contributed by atoms with Gasteiger partial charge < -0.3 is 11.1 Å². The van der Waals surface area contributed by atoms with E-state index in [0.717, 1.165) is 11.8 Å². The molecular formula is C13H14ClFN4O. The zero-order chi connectivity index (χ0) is 14.9. The number of nitrogens with two attached hydrogens (primary N) is 1. The number of carbonyl (C=O) groups excluding carboxylic acids is 1. The number of carbonyl (C=O) groups is 1. The highest BCUT2D eigenvalue weighted by Gasteiger charge is 2.12. The molecule has 106 valence electrons. The van der Waals surface area contributed by atoms with Crippen LogP contribution >= 0.6 is 11.6 Å². The summed E-state index contributed by atoms with van der Waals surface area (Å²) in [5.41, 5.74) is 8.12. The lowest BCUT2D eigenvalue weighted by Gasteiger charge is -2.08. The zero-order valence-corrected chi connectivity index (χ0v) is 11.8. The Hall–Kier alpha value is -2.08. The summed E-state index contributed by atoms with van der Waals surface area (Å²) in [5.74, 6) is -0.775. The second-order valence-corrected chi connectivity index (χ2v) is 4.82. The van der Waals surface area contributed by atoms with Gasteiger partial charge in [-0.25, -0.2) is 4.39 Å². The van der Waals surface area contributed by atoms with Crippen molar-refractivity contribution in [1.82, 2.24) is 9.78 Å². The van der Waals surface area contributed by atoms with Crippen molar-refractivity contribution in [2.75, 3.05) is 11.1 Å². The first-order valence-corrected chi connectivity index (χ1v) is 6.30. The van der Waals surface area contributed by atoms with Crippen LogP contribution in [0.4, 0.5) is 15.8 Å². The Labute approximate surface area is 120 Å². The number of hydrogen-bond donors (Lipinski definition) is 2. The SMILES string of the molecule is Cc1nn(CC(=O)Nc2ccc(F)cc2Cl)c(C)c1N. The molecule has 20 heavy (non-hydrogen) atoms. The molecule has 5 nitrogen and oxygen atoms in total. The van der Waals surface area contributed by atoms with Crippen LogP contribution in [0, 0.1) is 19.7 Å². The van der Waals surface area contributed by atoms with Crippen LogP contribution < -0.4 is 11.1 Å². The summed E-state index contributed by atoms with van der Waals surface area (Å²) >= 11 is 5.84. The summed E-state index contributed by atoms with van der Waals surface area (Å²) < 4.78 is 14.4. The van der Waals surface area contributed by atoms with Crippen LogP contribution in [0.3, 0.4) is 0 Å². The summed E-state index contributed by atoms with van der Waals surface area (Å²) in [5, 5.41) is 6.91. The van der Waals surface area contributed by atoms with Crippen molar-refractivity contribution in [3.8, 4) is 0 Å². The maximum absolute atomic E-state index is 12.9. The highest BCUT2D eigenvalue weighted by molar-refractivity contribution is 6.33. The Morgan fingerprint density at radius 2 is 2.20 bits per heavy atom. The smallest absolute Gasteiger partial charge is 0.246 e. The van der Waals surface area contributed by atoms with E-state index in [0.29, 0.717) is 17.1 Å². The van der Waals surface area contributed by atoms with Gasteiger partial charge in [-0.1, -0.05) is 11.6 Å². The number of benzene rings is 1. The number of nitrogen functional groups attached to an aromatic ring is 1. The average molecular weight is 297 g/mol. The molecule has 1 heterocycles. The van der Waals surface area contributed by atoms with Crippen molar-refractivity contribution in [3.05, 3.63) is 40.4 Å². The molecule has 0 aliphatic rings. The number of halogens is 2. The van der Waals surface area contributed by atoms with Crippen molar-refractivity contribution in [3.63, 3.8) is 0 Å². The van der Waals surface area contributed by atoms with Gasteiger partial charge in [0.05, 0.1) is 27.8 Å². The third kappa shape index (κ3) is 2.91. The normalized spacial score (nSPS) is 10.6. The van der Waals surface area contributed by atoms with Gasteiger partial charge in [0.15, 0.2) is 0 Å². The second-order valence-electron chi connectivity index (χ2n) is 4.41. The van der Waals surface area contributed by atoms with E-state index in [1.807, 2.05) is 0 Å². The molecule has 0 spiro atoms. The fourth-order valence-electron chi connectivity index (χ4n) is 1.78. The fraction of sp³-hybridized carbons (Fsp3) is 0.231. The number of hydrogen-bond acceptors (Lipinski definition) is 3. The highest BCUT2D eigenvalue weighted by atomic mass is 35.5. The van der Waals surface area contributed by atoms with E-state index in [4.69, 9.17) is 17.3 Å². The monoisotopic (exact) mass is 296 g/mol. The molecule has 1 aromatic heterocycles. The minimum Gasteiger partial charge on any atom is -0.396 e. The molecule has 7 heteroatoms. The van der Waals surface area contributed by atoms with E-state index in [-0.39, 0.29) is 17.5 Å². The number of anilines is 2. The van der Waals surface area contributed by atoms with Gasteiger partial charge in [-0.05, 0) is 32.0 Å².